The van der Waals surface area contributed by atoms with Gasteiger partial charge in [0.15, 0.2) is 5.71 Å². The number of aromatic nitrogens is 3. The van der Waals surface area contributed by atoms with Gasteiger partial charge in [-0.15, -0.1) is 0 Å². The zero-order chi connectivity index (χ0) is 43.1. The summed E-state index contributed by atoms with van der Waals surface area (Å²) in [5, 5.41) is 11.0. The molecule has 1 aliphatic rings. The summed E-state index contributed by atoms with van der Waals surface area (Å²) in [6.45, 7) is 0. The van der Waals surface area contributed by atoms with Crippen molar-refractivity contribution in [2.45, 2.75) is 14.7 Å². The Morgan fingerprint density at radius 2 is 1.24 bits per heavy atom. The highest BCUT2D eigenvalue weighted by atomic mass is 35.5. The normalized spacial score (nSPS) is 13.9. The summed E-state index contributed by atoms with van der Waals surface area (Å²) in [6, 6.07) is 16.5. The van der Waals surface area contributed by atoms with Gasteiger partial charge in [-0.2, -0.15) is 53.7 Å². The van der Waals surface area contributed by atoms with Crippen LogP contribution in [-0.4, -0.2) is 84.2 Å². The maximum Gasteiger partial charge on any atom is 0.296 e. The number of carbonyl (C=O) groups excluding carboxylic acids is 2. The third-order valence-corrected chi connectivity index (χ3v) is 11.4. The Kier molecular flexibility index (Phi) is 11.4. The number of ketones is 1. The van der Waals surface area contributed by atoms with Gasteiger partial charge in [0, 0.05) is 16.9 Å². The summed E-state index contributed by atoms with van der Waals surface area (Å²) in [4.78, 5) is 35.5. The van der Waals surface area contributed by atoms with Crippen LogP contribution in [0.25, 0.3) is 6.08 Å². The number of hydrogen-bond acceptors (Lipinski definition) is 17. The smallest absolute Gasteiger partial charge is 0.296 e. The van der Waals surface area contributed by atoms with Crippen LogP contribution in [0.3, 0.4) is 0 Å². The Bertz CT molecular complexity index is 3100. The second kappa shape index (κ2) is 15.8. The van der Waals surface area contributed by atoms with Crippen molar-refractivity contribution in [3.8, 4) is 0 Å². The third kappa shape index (κ3) is 9.91. The number of carbonyl (C=O) groups is 2. The first-order valence-corrected chi connectivity index (χ1v) is 21.9. The molecule has 0 unspecified atom stereocenters. The topological polar surface area (TPSA) is 351 Å². The molecule has 0 saturated heterocycles. The Morgan fingerprint density at radius 3 is 1.81 bits per heavy atom. The summed E-state index contributed by atoms with van der Waals surface area (Å²) in [5.74, 6) is -2.67. The minimum absolute atomic E-state index is 0.0456. The maximum atomic E-state index is 14.0. The van der Waals surface area contributed by atoms with Crippen LogP contribution < -0.4 is 21.4 Å². The molecule has 0 aliphatic heterocycles. The average molecular weight is 907 g/mol. The molecule has 0 saturated carbocycles. The van der Waals surface area contributed by atoms with Crippen molar-refractivity contribution in [1.82, 2.24) is 15.0 Å². The maximum absolute atomic E-state index is 14.0. The van der Waals surface area contributed by atoms with Crippen molar-refractivity contribution < 1.29 is 61.5 Å². The van der Waals surface area contributed by atoms with Gasteiger partial charge >= 0.3 is 0 Å². The number of benzene rings is 4. The van der Waals surface area contributed by atoms with Gasteiger partial charge in [-0.05, 0) is 90.0 Å². The van der Waals surface area contributed by atoms with Crippen LogP contribution in [0.1, 0.15) is 26.3 Å². The summed E-state index contributed by atoms with van der Waals surface area (Å²) >= 11 is 6.02. The van der Waals surface area contributed by atoms with Gasteiger partial charge in [0.25, 0.3) is 46.4 Å². The van der Waals surface area contributed by atoms with Gasteiger partial charge in [-0.1, -0.05) is 18.2 Å². The number of halogens is 1. The van der Waals surface area contributed by atoms with Gasteiger partial charge < -0.3 is 16.0 Å². The molecular weight excluding hydrogens is 884 g/mol. The quantitative estimate of drug-likeness (QED) is 0.0650. The van der Waals surface area contributed by atoms with E-state index in [0.717, 1.165) is 30.3 Å². The van der Waals surface area contributed by atoms with Crippen LogP contribution in [0.5, 0.6) is 0 Å². The first-order valence-electron chi connectivity index (χ1n) is 15.7. The number of rotatable bonds is 12. The number of anilines is 6. The minimum atomic E-state index is -5.37. The number of Topliss-reactive ketones (excluding diaryl/α,β-unsaturated/α-hetero) is 1. The second-order valence-corrected chi connectivity index (χ2v) is 17.8. The molecule has 22 nitrogen and oxygen atoms in total. The standard InChI is InChI=1S/C32H23ClN8O14S4/c33-30-37-31(34-18-6-9-20(10-7-18)56(44,45)46)39-32(38-30)35-19-8-11-22(24(14-19)58(50,51)52)40-41-27-25(59(53,54)55)13-17-12-21(57(47,48)49)15-23(26(17)28(27)42)36-29(43)16-4-2-1-3-5-16/h1-15,40H,(H,36,43)(H,44,45,46)(H,47,48,49)(H,50,51,52)(H,53,54,55)(H2,34,35,37,38,39)/b41-27-. The Balaban J connectivity index is 1.34. The highest BCUT2D eigenvalue weighted by Crippen LogP contribution is 2.35. The molecule has 0 atom stereocenters. The highest BCUT2D eigenvalue weighted by Gasteiger charge is 2.36. The molecule has 6 rings (SSSR count). The summed E-state index contributed by atoms with van der Waals surface area (Å²) in [7, 11) is -20.0. The molecule has 0 spiro atoms. The molecule has 5 aromatic rings. The lowest BCUT2D eigenvalue weighted by Gasteiger charge is -2.20. The second-order valence-electron chi connectivity index (χ2n) is 11.8. The predicted molar refractivity (Wildman–Crippen MR) is 209 cm³/mol. The molecule has 1 aromatic heterocycles. The first-order chi connectivity index (χ1) is 27.5. The van der Waals surface area contributed by atoms with E-state index >= 15 is 0 Å². The van der Waals surface area contributed by atoms with Crippen LogP contribution in [0, 0.1) is 0 Å². The number of nitrogens with zero attached hydrogens (tertiary/aromatic N) is 4. The van der Waals surface area contributed by atoms with E-state index in [9.17, 15) is 61.5 Å². The number of hydrazone groups is 1. The van der Waals surface area contributed by atoms with Crippen molar-refractivity contribution in [3.63, 3.8) is 0 Å². The molecule has 0 bridgehead atoms. The van der Waals surface area contributed by atoms with E-state index in [-0.39, 0.29) is 39.0 Å². The average Bonchev–Trinajstić information content (AvgIpc) is 3.13. The zero-order valence-corrected chi connectivity index (χ0v) is 32.9. The van der Waals surface area contributed by atoms with E-state index in [0.29, 0.717) is 12.1 Å². The Labute approximate surface area is 338 Å². The molecule has 4 aromatic carbocycles. The van der Waals surface area contributed by atoms with Gasteiger partial charge in [0.05, 0.1) is 26.7 Å². The summed E-state index contributed by atoms with van der Waals surface area (Å²) in [5.41, 5.74) is -0.904. The van der Waals surface area contributed by atoms with Crippen molar-refractivity contribution in [2.24, 2.45) is 5.10 Å². The molecule has 8 N–H and O–H groups in total. The van der Waals surface area contributed by atoms with E-state index in [4.69, 9.17) is 11.6 Å². The lowest BCUT2D eigenvalue weighted by atomic mass is 9.92. The van der Waals surface area contributed by atoms with Gasteiger partial charge in [0.1, 0.15) is 9.80 Å². The summed E-state index contributed by atoms with van der Waals surface area (Å²) in [6.07, 6.45) is 0.619. The van der Waals surface area contributed by atoms with E-state index in [1.807, 2.05) is 0 Å². The lowest BCUT2D eigenvalue weighted by Crippen LogP contribution is -2.29. The van der Waals surface area contributed by atoms with Gasteiger partial charge in [-0.25, -0.2) is 0 Å². The largest absolute Gasteiger partial charge is 0.324 e. The molecule has 1 heterocycles. The SMILES string of the molecule is O=C(Nc1cc(S(=O)(=O)O)cc2c1C(=O)/C(=N\Nc1ccc(Nc3nc(Cl)nc(Nc4ccc(S(=O)(=O)O)cc4)n3)cc1S(=O)(=O)O)C(S(=O)(=O)O)=C2)c1ccccc1. The minimum Gasteiger partial charge on any atom is -0.324 e. The molecule has 0 radical (unpaired) electrons. The van der Waals surface area contributed by atoms with E-state index in [1.54, 1.807) is 6.07 Å². The third-order valence-electron chi connectivity index (χ3n) is 7.78. The number of nitrogens with one attached hydrogen (secondary N) is 4. The number of allylic oxidation sites excluding steroid dienone is 1. The van der Waals surface area contributed by atoms with Crippen LogP contribution in [0.15, 0.2) is 110 Å². The molecule has 306 valence electrons. The van der Waals surface area contributed by atoms with E-state index in [2.05, 4.69) is 41.4 Å². The number of hydrogen-bond donors (Lipinski definition) is 8. The van der Waals surface area contributed by atoms with Crippen LogP contribution in [0.4, 0.5) is 34.6 Å². The fourth-order valence-electron chi connectivity index (χ4n) is 5.23. The monoisotopic (exact) mass is 906 g/mol. The molecule has 27 heteroatoms. The first kappa shape index (κ1) is 42.4. The van der Waals surface area contributed by atoms with Crippen molar-refractivity contribution in [3.05, 3.63) is 112 Å². The number of amides is 1. The summed E-state index contributed by atoms with van der Waals surface area (Å²) < 4.78 is 136. The van der Waals surface area contributed by atoms with Gasteiger partial charge in [0.2, 0.25) is 23.0 Å². The fraction of sp³-hybridized carbons (Fsp3) is 0. The van der Waals surface area contributed by atoms with Crippen LogP contribution >= 0.6 is 11.6 Å². The zero-order valence-electron chi connectivity index (χ0n) is 28.8. The van der Waals surface area contributed by atoms with Crippen molar-refractivity contribution in [1.29, 1.82) is 0 Å². The van der Waals surface area contributed by atoms with Crippen LogP contribution in [-0.2, 0) is 40.5 Å². The van der Waals surface area contributed by atoms with Crippen LogP contribution in [0.2, 0.25) is 5.28 Å². The Hall–Kier alpha value is -6.23. The molecule has 1 aliphatic carbocycles. The van der Waals surface area contributed by atoms with E-state index in [1.165, 1.54) is 42.5 Å². The highest BCUT2D eigenvalue weighted by molar-refractivity contribution is 7.91. The van der Waals surface area contributed by atoms with Crippen molar-refractivity contribution >= 4 is 110 Å². The molecule has 59 heavy (non-hydrogen) atoms. The molecular formula is C32H23ClN8O14S4. The van der Waals surface area contributed by atoms with E-state index < -0.39 is 95.1 Å². The number of fused-ring (bicyclic) bond motifs is 1. The molecule has 1 amide bonds. The van der Waals surface area contributed by atoms with Gasteiger partial charge in [-0.3, -0.25) is 33.2 Å². The predicted octanol–water partition coefficient (Wildman–Crippen LogP) is 3.90. The fourth-order valence-corrected chi connectivity index (χ4v) is 7.74. The lowest BCUT2D eigenvalue weighted by molar-refractivity contribution is 0.102. The molecule has 0 fully saturated rings. The van der Waals surface area contributed by atoms with Crippen molar-refractivity contribution in [2.75, 3.05) is 21.4 Å². The Morgan fingerprint density at radius 1 is 0.644 bits per heavy atom.